The van der Waals surface area contributed by atoms with Crippen LogP contribution < -0.4 is 0 Å². The summed E-state index contributed by atoms with van der Waals surface area (Å²) in [4.78, 5) is 0. The highest BCUT2D eigenvalue weighted by atomic mass is 19.3. The van der Waals surface area contributed by atoms with E-state index in [0.29, 0.717) is 24.0 Å². The zero-order valence-corrected chi connectivity index (χ0v) is 9.43. The van der Waals surface area contributed by atoms with E-state index < -0.39 is 11.7 Å². The predicted octanol–water partition coefficient (Wildman–Crippen LogP) is 3.61. The number of aliphatic hydroxyl groups excluding tert-OH is 1. The number of benzene rings is 1. The zero-order valence-electron chi connectivity index (χ0n) is 9.43. The van der Waals surface area contributed by atoms with Crippen molar-refractivity contribution in [3.05, 3.63) is 35.1 Å². The van der Waals surface area contributed by atoms with E-state index in [1.54, 1.807) is 12.1 Å². The first-order chi connectivity index (χ1) is 8.02. The quantitative estimate of drug-likeness (QED) is 0.842. The van der Waals surface area contributed by atoms with Crippen LogP contribution in [0.25, 0.3) is 0 Å². The largest absolute Gasteiger partial charge is 0.392 e. The van der Waals surface area contributed by atoms with Gasteiger partial charge < -0.3 is 5.11 Å². The summed E-state index contributed by atoms with van der Waals surface area (Å²) in [5.74, 6) is -3.10. The van der Waals surface area contributed by atoms with Crippen LogP contribution in [0.15, 0.2) is 18.2 Å². The van der Waals surface area contributed by atoms with Gasteiger partial charge in [0.05, 0.1) is 6.61 Å². The molecule has 1 aromatic carbocycles. The van der Waals surface area contributed by atoms with Crippen LogP contribution in [0.2, 0.25) is 0 Å². The fraction of sp³-hybridized carbons (Fsp3) is 0.538. The molecule has 1 N–H and O–H groups in total. The first-order valence-electron chi connectivity index (χ1n) is 5.79. The van der Waals surface area contributed by atoms with Crippen LogP contribution in [0.4, 0.5) is 13.2 Å². The molecule has 94 valence electrons. The standard InChI is InChI=1S/C13H15F3O/c14-12-7-9(8-17)1-2-11(12)10-3-5-13(15,16)6-4-10/h1-2,7,10,17H,3-6,8H2. The van der Waals surface area contributed by atoms with E-state index in [2.05, 4.69) is 0 Å². The molecule has 0 aromatic heterocycles. The minimum atomic E-state index is -2.59. The lowest BCUT2D eigenvalue weighted by molar-refractivity contribution is -0.0384. The average Bonchev–Trinajstić information content (AvgIpc) is 2.29. The summed E-state index contributed by atoms with van der Waals surface area (Å²) in [5, 5.41) is 8.87. The van der Waals surface area contributed by atoms with Gasteiger partial charge in [-0.25, -0.2) is 13.2 Å². The Hall–Kier alpha value is -1.03. The molecule has 0 radical (unpaired) electrons. The van der Waals surface area contributed by atoms with Crippen LogP contribution >= 0.6 is 0 Å². The Morgan fingerprint density at radius 3 is 2.41 bits per heavy atom. The van der Waals surface area contributed by atoms with Gasteiger partial charge in [0.15, 0.2) is 0 Å². The molecule has 1 aromatic rings. The van der Waals surface area contributed by atoms with Gasteiger partial charge in [0.25, 0.3) is 0 Å². The summed E-state index contributed by atoms with van der Waals surface area (Å²) in [5.41, 5.74) is 1.00. The Balaban J connectivity index is 2.13. The Morgan fingerprint density at radius 2 is 1.88 bits per heavy atom. The van der Waals surface area contributed by atoms with Crippen molar-refractivity contribution in [3.63, 3.8) is 0 Å². The molecule has 0 saturated heterocycles. The van der Waals surface area contributed by atoms with Crippen molar-refractivity contribution in [2.45, 2.75) is 44.1 Å². The molecule has 1 nitrogen and oxygen atoms in total. The maximum atomic E-state index is 13.7. The maximum absolute atomic E-state index is 13.7. The molecule has 0 unspecified atom stereocenters. The number of alkyl halides is 2. The maximum Gasteiger partial charge on any atom is 0.248 e. The van der Waals surface area contributed by atoms with Crippen molar-refractivity contribution in [3.8, 4) is 0 Å². The number of aliphatic hydroxyl groups is 1. The highest BCUT2D eigenvalue weighted by Crippen LogP contribution is 2.41. The SMILES string of the molecule is OCc1ccc(C2CCC(F)(F)CC2)c(F)c1. The molecular weight excluding hydrogens is 229 g/mol. The van der Waals surface area contributed by atoms with Crippen molar-refractivity contribution in [2.24, 2.45) is 0 Å². The molecule has 0 atom stereocenters. The lowest BCUT2D eigenvalue weighted by Crippen LogP contribution is -2.24. The number of hydrogen-bond donors (Lipinski definition) is 1. The van der Waals surface area contributed by atoms with Crippen LogP contribution in [-0.2, 0) is 6.61 Å². The van der Waals surface area contributed by atoms with Gasteiger partial charge in [-0.05, 0) is 36.0 Å². The highest BCUT2D eigenvalue weighted by molar-refractivity contribution is 5.27. The predicted molar refractivity (Wildman–Crippen MR) is 58.5 cm³/mol. The van der Waals surface area contributed by atoms with Crippen molar-refractivity contribution in [1.82, 2.24) is 0 Å². The molecule has 1 aliphatic rings. The smallest absolute Gasteiger partial charge is 0.248 e. The average molecular weight is 244 g/mol. The molecule has 1 fully saturated rings. The third-order valence-corrected chi connectivity index (χ3v) is 3.40. The minimum Gasteiger partial charge on any atom is -0.392 e. The van der Waals surface area contributed by atoms with Gasteiger partial charge in [-0.2, -0.15) is 0 Å². The lowest BCUT2D eigenvalue weighted by atomic mass is 9.82. The van der Waals surface area contributed by atoms with Crippen LogP contribution in [0.3, 0.4) is 0 Å². The second-order valence-electron chi connectivity index (χ2n) is 4.64. The van der Waals surface area contributed by atoms with Crippen LogP contribution in [-0.4, -0.2) is 11.0 Å². The van der Waals surface area contributed by atoms with E-state index >= 15 is 0 Å². The molecule has 17 heavy (non-hydrogen) atoms. The van der Waals surface area contributed by atoms with Crippen LogP contribution in [0.1, 0.15) is 42.7 Å². The van der Waals surface area contributed by atoms with Crippen molar-refractivity contribution in [2.75, 3.05) is 0 Å². The van der Waals surface area contributed by atoms with Crippen LogP contribution in [0, 0.1) is 5.82 Å². The van der Waals surface area contributed by atoms with E-state index in [-0.39, 0.29) is 25.4 Å². The fourth-order valence-corrected chi connectivity index (χ4v) is 2.35. The molecule has 0 heterocycles. The van der Waals surface area contributed by atoms with Gasteiger partial charge in [-0.15, -0.1) is 0 Å². The summed E-state index contributed by atoms with van der Waals surface area (Å²) in [6.45, 7) is -0.208. The fourth-order valence-electron chi connectivity index (χ4n) is 2.35. The Morgan fingerprint density at radius 1 is 1.24 bits per heavy atom. The highest BCUT2D eigenvalue weighted by Gasteiger charge is 2.35. The first kappa shape index (κ1) is 12.4. The second-order valence-corrected chi connectivity index (χ2v) is 4.64. The topological polar surface area (TPSA) is 20.2 Å². The third-order valence-electron chi connectivity index (χ3n) is 3.40. The molecule has 2 rings (SSSR count). The molecule has 1 aliphatic carbocycles. The van der Waals surface area contributed by atoms with E-state index in [1.165, 1.54) is 6.07 Å². The molecular formula is C13H15F3O. The summed E-state index contributed by atoms with van der Waals surface area (Å²) < 4.78 is 39.7. The van der Waals surface area contributed by atoms with Crippen molar-refractivity contribution < 1.29 is 18.3 Å². The first-order valence-corrected chi connectivity index (χ1v) is 5.79. The summed E-state index contributed by atoms with van der Waals surface area (Å²) in [7, 11) is 0. The minimum absolute atomic E-state index is 0.123. The van der Waals surface area contributed by atoms with Crippen molar-refractivity contribution >= 4 is 0 Å². The monoisotopic (exact) mass is 244 g/mol. The zero-order chi connectivity index (χ0) is 12.5. The van der Waals surface area contributed by atoms with Gasteiger partial charge in [-0.3, -0.25) is 0 Å². The molecule has 1 saturated carbocycles. The van der Waals surface area contributed by atoms with E-state index in [9.17, 15) is 13.2 Å². The number of halogens is 3. The molecule has 0 aliphatic heterocycles. The normalized spacial score (nSPS) is 20.5. The summed E-state index contributed by atoms with van der Waals surface area (Å²) in [6, 6.07) is 4.53. The summed E-state index contributed by atoms with van der Waals surface area (Å²) in [6.07, 6.45) is 0.308. The van der Waals surface area contributed by atoms with Gasteiger partial charge in [0.1, 0.15) is 5.82 Å². The Labute approximate surface area is 98.3 Å². The van der Waals surface area contributed by atoms with Crippen molar-refractivity contribution in [1.29, 1.82) is 0 Å². The van der Waals surface area contributed by atoms with E-state index in [4.69, 9.17) is 5.11 Å². The van der Waals surface area contributed by atoms with E-state index in [1.807, 2.05) is 0 Å². The number of hydrogen-bond acceptors (Lipinski definition) is 1. The molecule has 0 amide bonds. The molecule has 0 bridgehead atoms. The lowest BCUT2D eigenvalue weighted by Gasteiger charge is -2.28. The Kier molecular flexibility index (Phi) is 3.43. The Bertz CT molecular complexity index is 394. The van der Waals surface area contributed by atoms with Crippen LogP contribution in [0.5, 0.6) is 0 Å². The van der Waals surface area contributed by atoms with Gasteiger partial charge in [0.2, 0.25) is 5.92 Å². The van der Waals surface area contributed by atoms with Gasteiger partial charge in [0, 0.05) is 12.8 Å². The van der Waals surface area contributed by atoms with E-state index in [0.717, 1.165) is 0 Å². The van der Waals surface area contributed by atoms with Gasteiger partial charge in [-0.1, -0.05) is 12.1 Å². The van der Waals surface area contributed by atoms with Gasteiger partial charge >= 0.3 is 0 Å². The third kappa shape index (κ3) is 2.80. The second kappa shape index (κ2) is 4.69. The summed E-state index contributed by atoms with van der Waals surface area (Å²) >= 11 is 0. The molecule has 0 spiro atoms. The number of rotatable bonds is 2. The molecule has 4 heteroatoms.